The lowest BCUT2D eigenvalue weighted by Crippen LogP contribution is -2.31. The van der Waals surface area contributed by atoms with Crippen molar-refractivity contribution in [3.05, 3.63) is 54.1 Å². The molecule has 2 heterocycles. The SMILES string of the molecule is CCN(Cc1nccn1C)C(=O)c1ccc(-c2cc(OC)nc(OC)n2)cc1. The summed E-state index contributed by atoms with van der Waals surface area (Å²) in [4.78, 5) is 27.4. The topological polar surface area (TPSA) is 82.4 Å². The fourth-order valence-corrected chi connectivity index (χ4v) is 2.76. The second-order valence-electron chi connectivity index (χ2n) is 6.13. The predicted molar refractivity (Wildman–Crippen MR) is 104 cm³/mol. The molecule has 0 aliphatic carbocycles. The van der Waals surface area contributed by atoms with Gasteiger partial charge in [0, 0.05) is 43.2 Å². The van der Waals surface area contributed by atoms with E-state index in [2.05, 4.69) is 15.0 Å². The fourth-order valence-electron chi connectivity index (χ4n) is 2.76. The van der Waals surface area contributed by atoms with Crippen LogP contribution in [0.1, 0.15) is 23.1 Å². The number of carbonyl (C=O) groups is 1. The van der Waals surface area contributed by atoms with Gasteiger partial charge < -0.3 is 18.9 Å². The third-order valence-corrected chi connectivity index (χ3v) is 4.42. The second kappa shape index (κ2) is 8.51. The Morgan fingerprint density at radius 1 is 1.14 bits per heavy atom. The lowest BCUT2D eigenvalue weighted by atomic mass is 10.1. The van der Waals surface area contributed by atoms with Gasteiger partial charge in [-0.1, -0.05) is 12.1 Å². The number of nitrogens with zero attached hydrogens (tertiary/aromatic N) is 5. The maximum Gasteiger partial charge on any atom is 0.320 e. The lowest BCUT2D eigenvalue weighted by Gasteiger charge is -2.20. The maximum atomic E-state index is 12.9. The number of hydrogen-bond acceptors (Lipinski definition) is 6. The van der Waals surface area contributed by atoms with Gasteiger partial charge in [-0.2, -0.15) is 9.97 Å². The van der Waals surface area contributed by atoms with Crippen molar-refractivity contribution in [2.75, 3.05) is 20.8 Å². The van der Waals surface area contributed by atoms with Crippen molar-refractivity contribution in [3.63, 3.8) is 0 Å². The number of methoxy groups -OCH3 is 2. The summed E-state index contributed by atoms with van der Waals surface area (Å²) in [5.41, 5.74) is 2.10. The van der Waals surface area contributed by atoms with Gasteiger partial charge in [-0.3, -0.25) is 4.79 Å². The maximum absolute atomic E-state index is 12.9. The summed E-state index contributed by atoms with van der Waals surface area (Å²) < 4.78 is 12.2. The van der Waals surface area contributed by atoms with Crippen molar-refractivity contribution >= 4 is 5.91 Å². The number of benzene rings is 1. The zero-order valence-electron chi connectivity index (χ0n) is 16.4. The minimum atomic E-state index is -0.0464. The zero-order chi connectivity index (χ0) is 20.1. The summed E-state index contributed by atoms with van der Waals surface area (Å²) in [7, 11) is 4.95. The Bertz CT molecular complexity index is 930. The summed E-state index contributed by atoms with van der Waals surface area (Å²) in [6, 6.07) is 9.23. The van der Waals surface area contributed by atoms with E-state index in [1.165, 1.54) is 14.2 Å². The first kappa shape index (κ1) is 19.3. The van der Waals surface area contributed by atoms with Gasteiger partial charge in [0.05, 0.1) is 26.5 Å². The van der Waals surface area contributed by atoms with Crippen LogP contribution in [0.3, 0.4) is 0 Å². The van der Waals surface area contributed by atoms with Gasteiger partial charge in [-0.15, -0.1) is 0 Å². The van der Waals surface area contributed by atoms with E-state index >= 15 is 0 Å². The lowest BCUT2D eigenvalue weighted by molar-refractivity contribution is 0.0747. The van der Waals surface area contributed by atoms with Crippen molar-refractivity contribution in [2.24, 2.45) is 7.05 Å². The molecule has 2 aromatic heterocycles. The molecular weight excluding hydrogens is 358 g/mol. The van der Waals surface area contributed by atoms with Gasteiger partial charge in [0.1, 0.15) is 5.82 Å². The number of aromatic nitrogens is 4. The van der Waals surface area contributed by atoms with E-state index in [9.17, 15) is 4.79 Å². The molecule has 3 rings (SSSR count). The van der Waals surface area contributed by atoms with E-state index in [4.69, 9.17) is 9.47 Å². The molecule has 0 saturated carbocycles. The first-order valence-electron chi connectivity index (χ1n) is 8.88. The number of imidazole rings is 1. The van der Waals surface area contributed by atoms with E-state index in [1.54, 1.807) is 29.3 Å². The van der Waals surface area contributed by atoms with Crippen LogP contribution in [0.5, 0.6) is 11.9 Å². The third-order valence-electron chi connectivity index (χ3n) is 4.42. The van der Waals surface area contributed by atoms with Crippen molar-refractivity contribution in [3.8, 4) is 23.1 Å². The van der Waals surface area contributed by atoms with E-state index in [0.717, 1.165) is 11.4 Å². The summed E-state index contributed by atoms with van der Waals surface area (Å²) in [5.74, 6) is 1.20. The molecule has 0 atom stereocenters. The molecule has 8 nitrogen and oxygen atoms in total. The summed E-state index contributed by atoms with van der Waals surface area (Å²) >= 11 is 0. The molecular formula is C20H23N5O3. The van der Waals surface area contributed by atoms with Crippen molar-refractivity contribution in [1.29, 1.82) is 0 Å². The van der Waals surface area contributed by atoms with E-state index in [0.29, 0.717) is 30.2 Å². The Kier molecular flexibility index (Phi) is 5.88. The van der Waals surface area contributed by atoms with Crippen LogP contribution in [-0.2, 0) is 13.6 Å². The highest BCUT2D eigenvalue weighted by Gasteiger charge is 2.17. The van der Waals surface area contributed by atoms with Gasteiger partial charge in [0.2, 0.25) is 5.88 Å². The monoisotopic (exact) mass is 381 g/mol. The molecule has 3 aromatic rings. The number of hydrogen-bond donors (Lipinski definition) is 0. The number of aryl methyl sites for hydroxylation is 1. The van der Waals surface area contributed by atoms with E-state index < -0.39 is 0 Å². The average molecular weight is 381 g/mol. The van der Waals surface area contributed by atoms with Crippen LogP contribution in [0.4, 0.5) is 0 Å². The Balaban J connectivity index is 1.81. The highest BCUT2D eigenvalue weighted by atomic mass is 16.5. The molecule has 146 valence electrons. The molecule has 0 saturated heterocycles. The average Bonchev–Trinajstić information content (AvgIpc) is 3.15. The normalized spacial score (nSPS) is 10.6. The van der Waals surface area contributed by atoms with Crippen molar-refractivity contribution in [1.82, 2.24) is 24.4 Å². The summed E-state index contributed by atoms with van der Waals surface area (Å²) in [6.45, 7) is 3.00. The standard InChI is InChI=1S/C20H23N5O3/c1-5-25(13-17-21-10-11-24(17)2)19(26)15-8-6-14(7-9-15)16-12-18(27-3)23-20(22-16)28-4/h6-12H,5,13H2,1-4H3. The fraction of sp³-hybridized carbons (Fsp3) is 0.300. The number of carbonyl (C=O) groups excluding carboxylic acids is 1. The van der Waals surface area contributed by atoms with Gasteiger partial charge >= 0.3 is 6.01 Å². The molecule has 28 heavy (non-hydrogen) atoms. The van der Waals surface area contributed by atoms with E-state index in [-0.39, 0.29) is 11.9 Å². The number of rotatable bonds is 7. The largest absolute Gasteiger partial charge is 0.481 e. The van der Waals surface area contributed by atoms with Crippen LogP contribution in [0.25, 0.3) is 11.3 Å². The number of amides is 1. The molecule has 1 aromatic carbocycles. The first-order valence-corrected chi connectivity index (χ1v) is 8.88. The Hall–Kier alpha value is -3.42. The highest BCUT2D eigenvalue weighted by molar-refractivity contribution is 5.94. The molecule has 0 spiro atoms. The molecule has 0 fully saturated rings. The van der Waals surface area contributed by atoms with Crippen LogP contribution in [0.2, 0.25) is 0 Å². The molecule has 1 amide bonds. The molecule has 0 radical (unpaired) electrons. The quantitative estimate of drug-likeness (QED) is 0.626. The summed E-state index contributed by atoms with van der Waals surface area (Å²) in [6.07, 6.45) is 3.60. The predicted octanol–water partition coefficient (Wildman–Crippen LogP) is 2.56. The Morgan fingerprint density at radius 2 is 1.89 bits per heavy atom. The molecule has 0 bridgehead atoms. The van der Waals surface area contributed by atoms with Gasteiger partial charge in [-0.05, 0) is 19.1 Å². The minimum absolute atomic E-state index is 0.0464. The van der Waals surface area contributed by atoms with Crippen molar-refractivity contribution < 1.29 is 14.3 Å². The third kappa shape index (κ3) is 4.11. The molecule has 8 heteroatoms. The molecule has 0 aliphatic heterocycles. The second-order valence-corrected chi connectivity index (χ2v) is 6.13. The highest BCUT2D eigenvalue weighted by Crippen LogP contribution is 2.24. The Morgan fingerprint density at radius 3 is 2.46 bits per heavy atom. The summed E-state index contributed by atoms with van der Waals surface area (Å²) in [5, 5.41) is 0. The zero-order valence-corrected chi connectivity index (χ0v) is 16.4. The Labute approximate surface area is 163 Å². The van der Waals surface area contributed by atoms with Crippen LogP contribution >= 0.6 is 0 Å². The molecule has 0 aliphatic rings. The van der Waals surface area contributed by atoms with Crippen LogP contribution in [0, 0.1) is 0 Å². The smallest absolute Gasteiger partial charge is 0.320 e. The van der Waals surface area contributed by atoms with Crippen LogP contribution in [0.15, 0.2) is 42.7 Å². The van der Waals surface area contributed by atoms with Gasteiger partial charge in [-0.25, -0.2) is 4.98 Å². The molecule has 0 unspecified atom stereocenters. The van der Waals surface area contributed by atoms with E-state index in [1.807, 2.05) is 36.9 Å². The first-order chi connectivity index (χ1) is 13.5. The van der Waals surface area contributed by atoms with Crippen LogP contribution < -0.4 is 9.47 Å². The number of ether oxygens (including phenoxy) is 2. The molecule has 0 N–H and O–H groups in total. The van der Waals surface area contributed by atoms with Gasteiger partial charge in [0.15, 0.2) is 0 Å². The van der Waals surface area contributed by atoms with Crippen LogP contribution in [-0.4, -0.2) is 51.1 Å². The van der Waals surface area contributed by atoms with Gasteiger partial charge in [0.25, 0.3) is 5.91 Å². The minimum Gasteiger partial charge on any atom is -0.481 e. The van der Waals surface area contributed by atoms with Crippen molar-refractivity contribution in [2.45, 2.75) is 13.5 Å².